The second kappa shape index (κ2) is 7.02. The van der Waals surface area contributed by atoms with E-state index in [1.165, 1.54) is 11.3 Å². The molecule has 0 aromatic carbocycles. The van der Waals surface area contributed by atoms with Crippen molar-refractivity contribution in [3.63, 3.8) is 0 Å². The van der Waals surface area contributed by atoms with Crippen molar-refractivity contribution in [3.8, 4) is 0 Å². The van der Waals surface area contributed by atoms with E-state index in [9.17, 15) is 4.79 Å². The number of rotatable bonds is 4. The molecule has 1 amide bonds. The van der Waals surface area contributed by atoms with Crippen LogP contribution in [0.25, 0.3) is 0 Å². The van der Waals surface area contributed by atoms with E-state index in [0.29, 0.717) is 6.42 Å². The van der Waals surface area contributed by atoms with E-state index in [1.807, 2.05) is 40.9 Å². The maximum Gasteiger partial charge on any atom is 0.227 e. The molecule has 1 spiro atoms. The number of fused-ring (bicyclic) bond motifs is 2. The summed E-state index contributed by atoms with van der Waals surface area (Å²) in [5, 5.41) is 4.09. The van der Waals surface area contributed by atoms with Crippen LogP contribution in [-0.2, 0) is 23.2 Å². The van der Waals surface area contributed by atoms with E-state index in [4.69, 9.17) is 4.98 Å². The summed E-state index contributed by atoms with van der Waals surface area (Å²) in [5.41, 5.74) is 4.57. The van der Waals surface area contributed by atoms with E-state index in [2.05, 4.69) is 27.4 Å². The average Bonchev–Trinajstić information content (AvgIpc) is 3.45. The van der Waals surface area contributed by atoms with Gasteiger partial charge in [0.25, 0.3) is 0 Å². The molecule has 1 fully saturated rings. The molecule has 142 valence electrons. The number of carbonyl (C=O) groups excluding carboxylic acids is 1. The van der Waals surface area contributed by atoms with Gasteiger partial charge in [0.2, 0.25) is 5.91 Å². The Hall–Kier alpha value is -2.73. The highest BCUT2D eigenvalue weighted by Crippen LogP contribution is 2.45. The molecule has 0 saturated carbocycles. The van der Waals surface area contributed by atoms with Crippen LogP contribution < -0.4 is 4.90 Å². The van der Waals surface area contributed by atoms with Crippen molar-refractivity contribution in [1.29, 1.82) is 0 Å². The molecule has 1 unspecified atom stereocenters. The van der Waals surface area contributed by atoms with Gasteiger partial charge >= 0.3 is 0 Å². The second-order valence-electron chi connectivity index (χ2n) is 7.74. The molecule has 5 rings (SSSR count). The van der Waals surface area contributed by atoms with Gasteiger partial charge in [-0.05, 0) is 52.6 Å². The third-order valence-electron chi connectivity index (χ3n) is 5.86. The van der Waals surface area contributed by atoms with Crippen molar-refractivity contribution in [2.45, 2.75) is 24.8 Å². The number of likely N-dealkylation sites (tertiary alicyclic amines) is 1. The van der Waals surface area contributed by atoms with E-state index in [0.717, 1.165) is 43.9 Å². The van der Waals surface area contributed by atoms with Gasteiger partial charge in [-0.2, -0.15) is 11.3 Å². The minimum Gasteiger partial charge on any atom is -0.365 e. The van der Waals surface area contributed by atoms with E-state index in [1.54, 1.807) is 17.5 Å². The second-order valence-corrected chi connectivity index (χ2v) is 8.52. The largest absolute Gasteiger partial charge is 0.365 e. The maximum atomic E-state index is 12.8. The van der Waals surface area contributed by atoms with Crippen molar-refractivity contribution < 1.29 is 4.79 Å². The Bertz CT molecular complexity index is 975. The minimum atomic E-state index is -0.0664. The molecule has 0 N–H and O–H groups in total. The molecule has 5 heterocycles. The number of anilines is 1. The molecule has 6 heteroatoms. The highest BCUT2D eigenvalue weighted by molar-refractivity contribution is 7.08. The fourth-order valence-corrected chi connectivity index (χ4v) is 5.20. The van der Waals surface area contributed by atoms with Crippen molar-refractivity contribution in [2.24, 2.45) is 0 Å². The standard InChI is InChI=1S/C22H22N4OS/c27-20(11-17-5-10-28-14-17)25-9-6-22(15-25)16-26(13-18-3-1-7-23-12-18)19-4-2-8-24-21(19)22/h1-5,7-8,10,12,14H,6,9,11,13,15-16H2. The zero-order valence-corrected chi connectivity index (χ0v) is 16.4. The molecule has 2 aliphatic heterocycles. The summed E-state index contributed by atoms with van der Waals surface area (Å²) in [7, 11) is 0. The van der Waals surface area contributed by atoms with Crippen molar-refractivity contribution in [1.82, 2.24) is 14.9 Å². The van der Waals surface area contributed by atoms with Gasteiger partial charge in [-0.1, -0.05) is 6.07 Å². The lowest BCUT2D eigenvalue weighted by molar-refractivity contribution is -0.129. The smallest absolute Gasteiger partial charge is 0.227 e. The predicted octanol–water partition coefficient (Wildman–Crippen LogP) is 3.27. The van der Waals surface area contributed by atoms with Crippen LogP contribution in [0.3, 0.4) is 0 Å². The first-order valence-corrected chi connectivity index (χ1v) is 10.6. The predicted molar refractivity (Wildman–Crippen MR) is 110 cm³/mol. The third-order valence-corrected chi connectivity index (χ3v) is 6.59. The molecule has 5 nitrogen and oxygen atoms in total. The first kappa shape index (κ1) is 17.4. The zero-order valence-electron chi connectivity index (χ0n) is 15.6. The van der Waals surface area contributed by atoms with Crippen LogP contribution in [0.5, 0.6) is 0 Å². The number of hydrogen-bond donors (Lipinski definition) is 0. The van der Waals surface area contributed by atoms with Gasteiger partial charge in [0, 0.05) is 44.8 Å². The maximum absolute atomic E-state index is 12.8. The van der Waals surface area contributed by atoms with Gasteiger partial charge in [-0.3, -0.25) is 14.8 Å². The highest BCUT2D eigenvalue weighted by atomic mass is 32.1. The van der Waals surface area contributed by atoms with Crippen LogP contribution >= 0.6 is 11.3 Å². The van der Waals surface area contributed by atoms with E-state index < -0.39 is 0 Å². The fraction of sp³-hybridized carbons (Fsp3) is 0.318. The summed E-state index contributed by atoms with van der Waals surface area (Å²) >= 11 is 1.64. The zero-order chi connectivity index (χ0) is 19.0. The Labute approximate surface area is 168 Å². The van der Waals surface area contributed by atoms with Gasteiger partial charge in [-0.15, -0.1) is 0 Å². The molecular weight excluding hydrogens is 368 g/mol. The van der Waals surface area contributed by atoms with Crippen molar-refractivity contribution in [3.05, 3.63) is 76.5 Å². The van der Waals surface area contributed by atoms with Gasteiger partial charge in [0.1, 0.15) is 0 Å². The lowest BCUT2D eigenvalue weighted by Gasteiger charge is -2.26. The normalized spacial score (nSPS) is 20.7. The Morgan fingerprint density at radius 3 is 2.89 bits per heavy atom. The van der Waals surface area contributed by atoms with Crippen molar-refractivity contribution in [2.75, 3.05) is 24.5 Å². The third kappa shape index (κ3) is 3.07. The van der Waals surface area contributed by atoms with Gasteiger partial charge in [0.05, 0.1) is 23.2 Å². The highest BCUT2D eigenvalue weighted by Gasteiger charge is 2.49. The Balaban J connectivity index is 1.37. The van der Waals surface area contributed by atoms with Gasteiger partial charge < -0.3 is 9.80 Å². The molecule has 2 aliphatic rings. The first-order valence-electron chi connectivity index (χ1n) is 9.62. The summed E-state index contributed by atoms with van der Waals surface area (Å²) in [5.74, 6) is 0.221. The number of nitrogens with zero attached hydrogens (tertiary/aromatic N) is 4. The van der Waals surface area contributed by atoms with Crippen LogP contribution in [0, 0.1) is 0 Å². The van der Waals surface area contributed by atoms with Crippen LogP contribution in [0.2, 0.25) is 0 Å². The topological polar surface area (TPSA) is 49.3 Å². The lowest BCUT2D eigenvalue weighted by Crippen LogP contribution is -2.38. The Kier molecular flexibility index (Phi) is 4.36. The van der Waals surface area contributed by atoms with Gasteiger partial charge in [0.15, 0.2) is 0 Å². The molecule has 0 bridgehead atoms. The van der Waals surface area contributed by atoms with Crippen LogP contribution in [0.15, 0.2) is 59.7 Å². The summed E-state index contributed by atoms with van der Waals surface area (Å²) in [6.07, 6.45) is 7.07. The lowest BCUT2D eigenvalue weighted by atomic mass is 9.85. The summed E-state index contributed by atoms with van der Waals surface area (Å²) in [4.78, 5) is 26.3. The molecule has 3 aromatic heterocycles. The fourth-order valence-electron chi connectivity index (χ4n) is 4.53. The SMILES string of the molecule is O=C(Cc1ccsc1)N1CCC2(C1)CN(Cc1cccnc1)c1cccnc12. The summed E-state index contributed by atoms with van der Waals surface area (Å²) in [6.45, 7) is 3.27. The minimum absolute atomic E-state index is 0.0664. The number of amides is 1. The number of thiophene rings is 1. The summed E-state index contributed by atoms with van der Waals surface area (Å²) in [6, 6.07) is 10.3. The molecule has 0 aliphatic carbocycles. The number of aromatic nitrogens is 2. The summed E-state index contributed by atoms with van der Waals surface area (Å²) < 4.78 is 0. The number of hydrogen-bond acceptors (Lipinski definition) is 5. The average molecular weight is 391 g/mol. The van der Waals surface area contributed by atoms with Crippen LogP contribution in [0.4, 0.5) is 5.69 Å². The quantitative estimate of drug-likeness (QED) is 0.686. The van der Waals surface area contributed by atoms with Gasteiger partial charge in [-0.25, -0.2) is 0 Å². The molecular formula is C22H22N4OS. The molecule has 0 radical (unpaired) electrons. The Morgan fingerprint density at radius 2 is 2.07 bits per heavy atom. The monoisotopic (exact) mass is 390 g/mol. The van der Waals surface area contributed by atoms with Crippen LogP contribution in [0.1, 0.15) is 23.2 Å². The molecule has 1 atom stereocenters. The molecule has 1 saturated heterocycles. The van der Waals surface area contributed by atoms with E-state index >= 15 is 0 Å². The van der Waals surface area contributed by atoms with E-state index in [-0.39, 0.29) is 11.3 Å². The molecule has 28 heavy (non-hydrogen) atoms. The number of pyridine rings is 2. The Morgan fingerprint density at radius 1 is 1.14 bits per heavy atom. The number of carbonyl (C=O) groups is 1. The first-order chi connectivity index (χ1) is 13.7. The van der Waals surface area contributed by atoms with Crippen LogP contribution in [-0.4, -0.2) is 40.4 Å². The molecule has 3 aromatic rings. The van der Waals surface area contributed by atoms with Crippen molar-refractivity contribution >= 4 is 22.9 Å².